The lowest BCUT2D eigenvalue weighted by molar-refractivity contribution is 0.302. The Morgan fingerprint density at radius 2 is 2.11 bits per heavy atom. The third-order valence-corrected chi connectivity index (χ3v) is 4.91. The number of hydrogen-bond donors (Lipinski definition) is 1. The zero-order valence-electron chi connectivity index (χ0n) is 11.4. The van der Waals surface area contributed by atoms with E-state index in [0.717, 1.165) is 29.9 Å². The zero-order valence-corrected chi connectivity index (χ0v) is 13.0. The van der Waals surface area contributed by atoms with E-state index in [9.17, 15) is 0 Å². The Hall–Kier alpha value is -0.740. The number of nitrogens with one attached hydrogen (secondary N) is 1. The van der Waals surface area contributed by atoms with Crippen LogP contribution in [0.25, 0.3) is 0 Å². The lowest BCUT2D eigenvalue weighted by Gasteiger charge is -2.43. The van der Waals surface area contributed by atoms with Crippen molar-refractivity contribution in [3.05, 3.63) is 22.7 Å². The van der Waals surface area contributed by atoms with Crippen molar-refractivity contribution < 1.29 is 4.74 Å². The van der Waals surface area contributed by atoms with Gasteiger partial charge in [0, 0.05) is 29.6 Å². The van der Waals surface area contributed by atoms with Crippen LogP contribution < -0.4 is 15.0 Å². The summed E-state index contributed by atoms with van der Waals surface area (Å²) in [6.45, 7) is 3.21. The van der Waals surface area contributed by atoms with Crippen LogP contribution in [0.5, 0.6) is 5.75 Å². The Bertz CT molecular complexity index is 457. The maximum Gasteiger partial charge on any atom is 0.142 e. The van der Waals surface area contributed by atoms with Crippen LogP contribution in [0.4, 0.5) is 5.69 Å². The molecular formula is C15H21BrN2O. The Kier molecular flexibility index (Phi) is 3.72. The van der Waals surface area contributed by atoms with Gasteiger partial charge in [-0.1, -0.05) is 28.8 Å². The second kappa shape index (κ2) is 5.33. The molecule has 1 saturated carbocycles. The highest BCUT2D eigenvalue weighted by Gasteiger charge is 2.38. The summed E-state index contributed by atoms with van der Waals surface area (Å²) in [5.74, 6) is 0.971. The number of benzene rings is 1. The average Bonchev–Trinajstić information content (AvgIpc) is 2.86. The lowest BCUT2D eigenvalue weighted by Crippen LogP contribution is -2.59. The molecule has 1 saturated heterocycles. The number of ether oxygens (including phenoxy) is 1. The van der Waals surface area contributed by atoms with Gasteiger partial charge in [-0.05, 0) is 31.0 Å². The third-order valence-electron chi connectivity index (χ3n) is 4.42. The van der Waals surface area contributed by atoms with Crippen molar-refractivity contribution in [3.8, 4) is 5.75 Å². The van der Waals surface area contributed by atoms with Crippen LogP contribution in [0.3, 0.4) is 0 Å². The van der Waals surface area contributed by atoms with Crippen molar-refractivity contribution in [1.29, 1.82) is 0 Å². The van der Waals surface area contributed by atoms with E-state index in [1.54, 1.807) is 7.11 Å². The molecule has 0 bridgehead atoms. The molecule has 19 heavy (non-hydrogen) atoms. The minimum absolute atomic E-state index is 0.339. The predicted molar refractivity (Wildman–Crippen MR) is 82.1 cm³/mol. The summed E-state index contributed by atoms with van der Waals surface area (Å²) < 4.78 is 6.63. The minimum atomic E-state index is 0.339. The van der Waals surface area contributed by atoms with Gasteiger partial charge in [-0.25, -0.2) is 0 Å². The lowest BCUT2D eigenvalue weighted by atomic mass is 9.94. The van der Waals surface area contributed by atoms with Crippen LogP contribution in [0.1, 0.15) is 25.7 Å². The standard InChI is InChI=1S/C15H21BrN2O/c1-19-14-5-4-12(16)10-13(14)18-9-8-17-15(11-18)6-2-3-7-15/h4-5,10,17H,2-3,6-9,11H2,1H3. The molecule has 4 heteroatoms. The van der Waals surface area contributed by atoms with Crippen molar-refractivity contribution in [2.45, 2.75) is 31.2 Å². The largest absolute Gasteiger partial charge is 0.495 e. The molecule has 1 aromatic rings. The summed E-state index contributed by atoms with van der Waals surface area (Å²) in [7, 11) is 1.75. The molecule has 2 aliphatic rings. The number of methoxy groups -OCH3 is 1. The summed E-state index contributed by atoms with van der Waals surface area (Å²) in [6, 6.07) is 6.26. The molecule has 0 aromatic heterocycles. The van der Waals surface area contributed by atoms with Gasteiger partial charge in [0.25, 0.3) is 0 Å². The molecule has 1 aliphatic carbocycles. The number of anilines is 1. The van der Waals surface area contributed by atoms with Crippen molar-refractivity contribution in [1.82, 2.24) is 5.32 Å². The van der Waals surface area contributed by atoms with Crippen LogP contribution in [0.15, 0.2) is 22.7 Å². The van der Waals surface area contributed by atoms with Crippen molar-refractivity contribution in [3.63, 3.8) is 0 Å². The van der Waals surface area contributed by atoms with Gasteiger partial charge >= 0.3 is 0 Å². The van der Waals surface area contributed by atoms with Gasteiger partial charge < -0.3 is 15.0 Å². The van der Waals surface area contributed by atoms with Crippen LogP contribution in [0, 0.1) is 0 Å². The molecule has 1 aromatic carbocycles. The van der Waals surface area contributed by atoms with Gasteiger partial charge in [0.1, 0.15) is 5.75 Å². The molecule has 1 aliphatic heterocycles. The number of hydrogen-bond acceptors (Lipinski definition) is 3. The average molecular weight is 325 g/mol. The Morgan fingerprint density at radius 3 is 2.84 bits per heavy atom. The SMILES string of the molecule is COc1ccc(Br)cc1N1CCNC2(CCCC2)C1. The van der Waals surface area contributed by atoms with Gasteiger partial charge in [0.2, 0.25) is 0 Å². The van der Waals surface area contributed by atoms with E-state index in [1.165, 1.54) is 31.4 Å². The fourth-order valence-corrected chi connectivity index (χ4v) is 3.81. The normalized spacial score (nSPS) is 21.9. The molecule has 2 fully saturated rings. The summed E-state index contributed by atoms with van der Waals surface area (Å²) in [5.41, 5.74) is 1.55. The second-order valence-electron chi connectivity index (χ2n) is 5.65. The quantitative estimate of drug-likeness (QED) is 0.904. The number of halogens is 1. The van der Waals surface area contributed by atoms with Crippen molar-refractivity contribution in [2.24, 2.45) is 0 Å². The molecule has 3 rings (SSSR count). The van der Waals surface area contributed by atoms with Crippen molar-refractivity contribution >= 4 is 21.6 Å². The Balaban J connectivity index is 1.87. The molecule has 1 N–H and O–H groups in total. The maximum absolute atomic E-state index is 5.52. The molecule has 0 atom stereocenters. The molecular weight excluding hydrogens is 304 g/mol. The van der Waals surface area contributed by atoms with Gasteiger partial charge in [0.05, 0.1) is 12.8 Å². The highest BCUT2D eigenvalue weighted by Crippen LogP contribution is 2.37. The number of nitrogens with zero attached hydrogens (tertiary/aromatic N) is 1. The summed E-state index contributed by atoms with van der Waals surface area (Å²) >= 11 is 3.57. The van der Waals surface area contributed by atoms with Crippen LogP contribution in [0.2, 0.25) is 0 Å². The molecule has 104 valence electrons. The molecule has 1 spiro atoms. The van der Waals surface area contributed by atoms with E-state index >= 15 is 0 Å². The molecule has 3 nitrogen and oxygen atoms in total. The van der Waals surface area contributed by atoms with Crippen LogP contribution in [-0.2, 0) is 0 Å². The highest BCUT2D eigenvalue weighted by molar-refractivity contribution is 9.10. The van der Waals surface area contributed by atoms with E-state index in [4.69, 9.17) is 4.74 Å². The van der Waals surface area contributed by atoms with E-state index in [-0.39, 0.29) is 0 Å². The van der Waals surface area contributed by atoms with E-state index in [2.05, 4.69) is 32.2 Å². The van der Waals surface area contributed by atoms with Crippen LogP contribution in [-0.4, -0.2) is 32.3 Å². The first-order chi connectivity index (χ1) is 9.22. The maximum atomic E-state index is 5.52. The van der Waals surface area contributed by atoms with E-state index in [0.29, 0.717) is 5.54 Å². The fraction of sp³-hybridized carbons (Fsp3) is 0.600. The first-order valence-corrected chi connectivity index (χ1v) is 7.85. The summed E-state index contributed by atoms with van der Waals surface area (Å²) in [4.78, 5) is 2.48. The summed E-state index contributed by atoms with van der Waals surface area (Å²) in [5, 5.41) is 3.75. The molecule has 0 radical (unpaired) electrons. The first kappa shape index (κ1) is 13.3. The fourth-order valence-electron chi connectivity index (χ4n) is 3.46. The van der Waals surface area contributed by atoms with Crippen LogP contribution >= 0.6 is 15.9 Å². The predicted octanol–water partition coefficient (Wildman–Crippen LogP) is 3.18. The minimum Gasteiger partial charge on any atom is -0.495 e. The van der Waals surface area contributed by atoms with Gasteiger partial charge in [0.15, 0.2) is 0 Å². The number of piperazine rings is 1. The van der Waals surface area contributed by atoms with Crippen molar-refractivity contribution in [2.75, 3.05) is 31.6 Å². The molecule has 1 heterocycles. The smallest absolute Gasteiger partial charge is 0.142 e. The summed E-state index contributed by atoms with van der Waals surface area (Å²) in [6.07, 6.45) is 5.33. The molecule has 0 unspecified atom stereocenters. The zero-order chi connectivity index (χ0) is 13.3. The van der Waals surface area contributed by atoms with Gasteiger partial charge in [-0.3, -0.25) is 0 Å². The molecule has 0 amide bonds. The van der Waals surface area contributed by atoms with E-state index < -0.39 is 0 Å². The Morgan fingerprint density at radius 1 is 1.32 bits per heavy atom. The highest BCUT2D eigenvalue weighted by atomic mass is 79.9. The van der Waals surface area contributed by atoms with Gasteiger partial charge in [-0.2, -0.15) is 0 Å². The number of rotatable bonds is 2. The van der Waals surface area contributed by atoms with E-state index in [1.807, 2.05) is 12.1 Å². The second-order valence-corrected chi connectivity index (χ2v) is 6.57. The topological polar surface area (TPSA) is 24.5 Å². The third kappa shape index (κ3) is 2.61. The monoisotopic (exact) mass is 324 g/mol. The Labute approximate surface area is 123 Å². The van der Waals surface area contributed by atoms with Gasteiger partial charge in [-0.15, -0.1) is 0 Å². The first-order valence-electron chi connectivity index (χ1n) is 7.06.